The number of aromatic nitrogens is 1. The first-order valence-electron chi connectivity index (χ1n) is 8.96. The van der Waals surface area contributed by atoms with Gasteiger partial charge in [0.05, 0.1) is 11.7 Å². The summed E-state index contributed by atoms with van der Waals surface area (Å²) in [5, 5.41) is 0.800. The lowest BCUT2D eigenvalue weighted by Crippen LogP contribution is -2.50. The van der Waals surface area contributed by atoms with Gasteiger partial charge in [0, 0.05) is 56.3 Å². The molecule has 4 rings (SSSR count). The van der Waals surface area contributed by atoms with E-state index in [0.717, 1.165) is 44.5 Å². The number of para-hydroxylation sites is 1. The molecule has 6 heteroatoms. The number of ether oxygens (including phenoxy) is 1. The van der Waals surface area contributed by atoms with Crippen molar-refractivity contribution >= 4 is 16.8 Å². The molecule has 0 radical (unpaired) electrons. The van der Waals surface area contributed by atoms with Crippen molar-refractivity contribution < 1.29 is 9.53 Å². The maximum Gasteiger partial charge on any atom is 0.254 e. The van der Waals surface area contributed by atoms with Gasteiger partial charge in [0.2, 0.25) is 5.56 Å². The van der Waals surface area contributed by atoms with Crippen LogP contribution in [0.2, 0.25) is 0 Å². The fourth-order valence-corrected chi connectivity index (χ4v) is 3.76. The van der Waals surface area contributed by atoms with Gasteiger partial charge in [0.1, 0.15) is 0 Å². The number of hydrogen-bond acceptors (Lipinski definition) is 4. The van der Waals surface area contributed by atoms with Crippen LogP contribution >= 0.6 is 0 Å². The zero-order valence-electron chi connectivity index (χ0n) is 14.2. The van der Waals surface area contributed by atoms with Crippen molar-refractivity contribution in [3.05, 3.63) is 46.2 Å². The van der Waals surface area contributed by atoms with Crippen LogP contribution in [-0.4, -0.2) is 66.1 Å². The number of H-pyrrole nitrogens is 1. The van der Waals surface area contributed by atoms with Crippen molar-refractivity contribution in [2.24, 2.45) is 0 Å². The summed E-state index contributed by atoms with van der Waals surface area (Å²) in [6, 6.07) is 8.87. The van der Waals surface area contributed by atoms with Gasteiger partial charge in [-0.2, -0.15) is 0 Å². The molecule has 2 aliphatic rings. The molecule has 25 heavy (non-hydrogen) atoms. The number of piperazine rings is 1. The highest BCUT2D eigenvalue weighted by molar-refractivity contribution is 6.05. The van der Waals surface area contributed by atoms with E-state index in [0.29, 0.717) is 30.3 Å². The summed E-state index contributed by atoms with van der Waals surface area (Å²) in [5.74, 6) is -0.0564. The number of carbonyl (C=O) groups excluding carboxylic acids is 1. The Morgan fingerprint density at radius 2 is 2.00 bits per heavy atom. The van der Waals surface area contributed by atoms with Crippen molar-refractivity contribution in [3.8, 4) is 0 Å². The molecule has 0 saturated carbocycles. The molecule has 1 N–H and O–H groups in total. The van der Waals surface area contributed by atoms with Crippen LogP contribution in [0, 0.1) is 0 Å². The summed E-state index contributed by atoms with van der Waals surface area (Å²) in [4.78, 5) is 31.8. The van der Waals surface area contributed by atoms with E-state index in [1.807, 2.05) is 29.2 Å². The SMILES string of the molecule is O=C(c1cc(=O)[nH]c2ccccc12)N1CCN(CC2CCCO2)CC1. The van der Waals surface area contributed by atoms with Crippen LogP contribution in [0.3, 0.4) is 0 Å². The van der Waals surface area contributed by atoms with Crippen molar-refractivity contribution in [1.82, 2.24) is 14.8 Å². The van der Waals surface area contributed by atoms with Crippen LogP contribution in [0.5, 0.6) is 0 Å². The largest absolute Gasteiger partial charge is 0.377 e. The quantitative estimate of drug-likeness (QED) is 0.918. The van der Waals surface area contributed by atoms with E-state index in [1.54, 1.807) is 0 Å². The van der Waals surface area contributed by atoms with Crippen LogP contribution in [0.25, 0.3) is 10.9 Å². The van der Waals surface area contributed by atoms with Crippen LogP contribution in [-0.2, 0) is 4.74 Å². The van der Waals surface area contributed by atoms with Gasteiger partial charge in [-0.05, 0) is 18.9 Å². The van der Waals surface area contributed by atoms with E-state index in [9.17, 15) is 9.59 Å². The van der Waals surface area contributed by atoms with Crippen LogP contribution < -0.4 is 5.56 Å². The lowest BCUT2D eigenvalue weighted by molar-refractivity contribution is 0.0433. The van der Waals surface area contributed by atoms with Crippen molar-refractivity contribution in [2.75, 3.05) is 39.3 Å². The molecule has 2 aliphatic heterocycles. The first kappa shape index (κ1) is 16.3. The first-order valence-corrected chi connectivity index (χ1v) is 8.96. The second-order valence-electron chi connectivity index (χ2n) is 6.82. The number of nitrogens with zero attached hydrogens (tertiary/aromatic N) is 2. The molecule has 0 spiro atoms. The molecular formula is C19H23N3O3. The Kier molecular flexibility index (Phi) is 4.55. The third kappa shape index (κ3) is 3.45. The molecular weight excluding hydrogens is 318 g/mol. The molecule has 1 aromatic heterocycles. The fraction of sp³-hybridized carbons (Fsp3) is 0.474. The first-order chi connectivity index (χ1) is 12.2. The minimum atomic E-state index is -0.237. The fourth-order valence-electron chi connectivity index (χ4n) is 3.76. The summed E-state index contributed by atoms with van der Waals surface area (Å²) in [6.45, 7) is 4.91. The Morgan fingerprint density at radius 3 is 2.76 bits per heavy atom. The minimum Gasteiger partial charge on any atom is -0.377 e. The van der Waals surface area contributed by atoms with Crippen molar-refractivity contribution in [1.29, 1.82) is 0 Å². The number of amides is 1. The minimum absolute atomic E-state index is 0.0564. The lowest BCUT2D eigenvalue weighted by atomic mass is 10.1. The number of pyridine rings is 1. The van der Waals surface area contributed by atoms with E-state index < -0.39 is 0 Å². The zero-order chi connectivity index (χ0) is 17.2. The summed E-state index contributed by atoms with van der Waals surface area (Å²) in [6.07, 6.45) is 2.63. The molecule has 1 aromatic carbocycles. The molecule has 1 atom stereocenters. The summed E-state index contributed by atoms with van der Waals surface area (Å²) in [7, 11) is 0. The molecule has 6 nitrogen and oxygen atoms in total. The van der Waals surface area contributed by atoms with Gasteiger partial charge < -0.3 is 14.6 Å². The number of benzene rings is 1. The Bertz CT molecular complexity index is 818. The van der Waals surface area contributed by atoms with E-state index in [2.05, 4.69) is 9.88 Å². The maximum atomic E-state index is 12.9. The van der Waals surface area contributed by atoms with Gasteiger partial charge in [-0.1, -0.05) is 18.2 Å². The average Bonchev–Trinajstić information content (AvgIpc) is 3.14. The number of fused-ring (bicyclic) bond motifs is 1. The Hall–Kier alpha value is -2.18. The highest BCUT2D eigenvalue weighted by Crippen LogP contribution is 2.18. The van der Waals surface area contributed by atoms with Gasteiger partial charge in [0.25, 0.3) is 5.91 Å². The van der Waals surface area contributed by atoms with E-state index in [4.69, 9.17) is 4.74 Å². The Labute approximate surface area is 146 Å². The number of carbonyl (C=O) groups is 1. The molecule has 1 unspecified atom stereocenters. The van der Waals surface area contributed by atoms with E-state index >= 15 is 0 Å². The molecule has 0 aliphatic carbocycles. The van der Waals surface area contributed by atoms with Gasteiger partial charge in [-0.15, -0.1) is 0 Å². The third-order valence-electron chi connectivity index (χ3n) is 5.13. The number of nitrogens with one attached hydrogen (secondary N) is 1. The van der Waals surface area contributed by atoms with Crippen LogP contribution in [0.1, 0.15) is 23.2 Å². The summed E-state index contributed by atoms with van der Waals surface area (Å²) in [5.41, 5.74) is 0.960. The Morgan fingerprint density at radius 1 is 1.20 bits per heavy atom. The van der Waals surface area contributed by atoms with Gasteiger partial charge in [-0.25, -0.2) is 0 Å². The second kappa shape index (κ2) is 6.98. The molecule has 3 heterocycles. The molecule has 2 saturated heterocycles. The summed E-state index contributed by atoms with van der Waals surface area (Å²) < 4.78 is 5.70. The highest BCUT2D eigenvalue weighted by Gasteiger charge is 2.26. The van der Waals surface area contributed by atoms with Gasteiger partial charge in [-0.3, -0.25) is 14.5 Å². The Balaban J connectivity index is 1.46. The standard InChI is InChI=1S/C19H23N3O3/c23-18-12-16(15-5-1-2-6-17(15)20-18)19(24)22-9-7-21(8-10-22)13-14-4-3-11-25-14/h1-2,5-6,12,14H,3-4,7-11,13H2,(H,20,23). The molecule has 132 valence electrons. The van der Waals surface area contributed by atoms with Crippen molar-refractivity contribution in [3.63, 3.8) is 0 Å². The van der Waals surface area contributed by atoms with Crippen LogP contribution in [0.4, 0.5) is 0 Å². The monoisotopic (exact) mass is 341 g/mol. The zero-order valence-corrected chi connectivity index (χ0v) is 14.2. The van der Waals surface area contributed by atoms with Crippen molar-refractivity contribution in [2.45, 2.75) is 18.9 Å². The van der Waals surface area contributed by atoms with Gasteiger partial charge >= 0.3 is 0 Å². The normalized spacial score (nSPS) is 21.8. The smallest absolute Gasteiger partial charge is 0.254 e. The molecule has 1 amide bonds. The highest BCUT2D eigenvalue weighted by atomic mass is 16.5. The average molecular weight is 341 g/mol. The topological polar surface area (TPSA) is 65.6 Å². The maximum absolute atomic E-state index is 12.9. The molecule has 2 fully saturated rings. The molecule has 2 aromatic rings. The van der Waals surface area contributed by atoms with Crippen LogP contribution in [0.15, 0.2) is 35.1 Å². The third-order valence-corrected chi connectivity index (χ3v) is 5.13. The predicted octanol–water partition coefficient (Wildman–Crippen LogP) is 1.46. The second-order valence-corrected chi connectivity index (χ2v) is 6.82. The van der Waals surface area contributed by atoms with E-state index in [-0.39, 0.29) is 11.5 Å². The van der Waals surface area contributed by atoms with Gasteiger partial charge in [0.15, 0.2) is 0 Å². The van der Waals surface area contributed by atoms with E-state index in [1.165, 1.54) is 6.07 Å². The lowest BCUT2D eigenvalue weighted by Gasteiger charge is -2.35. The molecule has 0 bridgehead atoms. The number of aromatic amines is 1. The predicted molar refractivity (Wildman–Crippen MR) is 95.9 cm³/mol. The summed E-state index contributed by atoms with van der Waals surface area (Å²) >= 11 is 0. The number of rotatable bonds is 3. The number of hydrogen-bond donors (Lipinski definition) is 1.